The third-order valence-electron chi connectivity index (χ3n) is 3.49. The Hall–Kier alpha value is -0.980. The zero-order valence-electron chi connectivity index (χ0n) is 11.5. The second kappa shape index (κ2) is 6.85. The second-order valence-corrected chi connectivity index (χ2v) is 7.93. The van der Waals surface area contributed by atoms with Crippen LogP contribution in [0.4, 0.5) is 5.82 Å². The number of nitrogens with zero attached hydrogens (tertiary/aromatic N) is 3. The van der Waals surface area contributed by atoms with Gasteiger partial charge in [0.2, 0.25) is 0 Å². The van der Waals surface area contributed by atoms with Crippen molar-refractivity contribution in [2.75, 3.05) is 18.0 Å². The van der Waals surface area contributed by atoms with E-state index in [1.54, 1.807) is 0 Å². The number of halogens is 1. The van der Waals surface area contributed by atoms with Gasteiger partial charge in [-0.3, -0.25) is 4.21 Å². The molecule has 2 aromatic heterocycles. The van der Waals surface area contributed by atoms with Gasteiger partial charge < -0.3 is 4.90 Å². The minimum absolute atomic E-state index is 0.336. The van der Waals surface area contributed by atoms with E-state index in [4.69, 9.17) is 11.6 Å². The molecule has 21 heavy (non-hydrogen) atoms. The monoisotopic (exact) mass is 341 g/mol. The van der Waals surface area contributed by atoms with Crippen molar-refractivity contribution in [1.29, 1.82) is 0 Å². The molecule has 1 aliphatic rings. The Morgan fingerprint density at radius 3 is 2.81 bits per heavy atom. The van der Waals surface area contributed by atoms with Crippen molar-refractivity contribution in [3.8, 4) is 0 Å². The topological polar surface area (TPSA) is 46.1 Å². The number of aromatic nitrogens is 2. The molecule has 3 rings (SSSR count). The third-order valence-corrected chi connectivity index (χ3v) is 6.50. The predicted octanol–water partition coefficient (Wildman–Crippen LogP) is 3.49. The molecule has 0 aliphatic carbocycles. The highest BCUT2D eigenvalue weighted by atomic mass is 35.5. The fraction of sp³-hybridized carbons (Fsp3) is 0.429. The molecule has 4 nitrogen and oxygen atoms in total. The molecule has 0 bridgehead atoms. The Balaban J connectivity index is 1.81. The molecule has 112 valence electrons. The van der Waals surface area contributed by atoms with Crippen molar-refractivity contribution in [3.05, 3.63) is 34.6 Å². The van der Waals surface area contributed by atoms with Crippen LogP contribution in [0.25, 0.3) is 0 Å². The molecule has 0 amide bonds. The van der Waals surface area contributed by atoms with E-state index in [-0.39, 0.29) is 0 Å². The van der Waals surface area contributed by atoms with Gasteiger partial charge in [0.25, 0.3) is 0 Å². The van der Waals surface area contributed by atoms with Crippen LogP contribution in [0, 0.1) is 0 Å². The Labute approximate surface area is 135 Å². The maximum Gasteiger partial charge on any atom is 0.151 e. The Bertz CT molecular complexity index is 627. The Morgan fingerprint density at radius 2 is 2.10 bits per heavy atom. The maximum absolute atomic E-state index is 12.3. The van der Waals surface area contributed by atoms with Crippen LogP contribution in [0.3, 0.4) is 0 Å². The van der Waals surface area contributed by atoms with E-state index >= 15 is 0 Å². The first-order valence-electron chi connectivity index (χ1n) is 6.92. The van der Waals surface area contributed by atoms with Gasteiger partial charge in [-0.05, 0) is 30.7 Å². The minimum atomic E-state index is -1.10. The van der Waals surface area contributed by atoms with Crippen LogP contribution in [0.2, 0.25) is 5.02 Å². The number of hydrogen-bond donors (Lipinski definition) is 0. The standard InChI is InChI=1S/C14H16ClN3OS2/c15-13-11(9-21(19)12-5-4-8-20-12)16-10-17-14(13)18-6-2-1-3-7-18/h4-5,8,10H,1-3,6-7,9H2. The number of rotatable bonds is 4. The van der Waals surface area contributed by atoms with Gasteiger partial charge >= 0.3 is 0 Å². The van der Waals surface area contributed by atoms with Crippen molar-refractivity contribution in [2.24, 2.45) is 0 Å². The van der Waals surface area contributed by atoms with Crippen LogP contribution in [-0.4, -0.2) is 27.3 Å². The molecule has 1 atom stereocenters. The Morgan fingerprint density at radius 1 is 1.29 bits per heavy atom. The fourth-order valence-electron chi connectivity index (χ4n) is 2.41. The first-order valence-corrected chi connectivity index (χ1v) is 9.49. The number of anilines is 1. The summed E-state index contributed by atoms with van der Waals surface area (Å²) in [6.07, 6.45) is 5.11. The predicted molar refractivity (Wildman–Crippen MR) is 87.5 cm³/mol. The maximum atomic E-state index is 12.3. The lowest BCUT2D eigenvalue weighted by molar-refractivity contribution is 0.573. The SMILES string of the molecule is O=S(Cc1ncnc(N2CCCCC2)c1Cl)c1cccs1. The fourth-order valence-corrected chi connectivity index (χ4v) is 4.83. The van der Waals surface area contributed by atoms with E-state index in [1.165, 1.54) is 24.1 Å². The van der Waals surface area contributed by atoms with Crippen LogP contribution in [0.15, 0.2) is 28.0 Å². The normalized spacial score (nSPS) is 16.9. The van der Waals surface area contributed by atoms with Gasteiger partial charge in [0, 0.05) is 13.1 Å². The smallest absolute Gasteiger partial charge is 0.151 e. The summed E-state index contributed by atoms with van der Waals surface area (Å²) < 4.78 is 13.2. The molecular formula is C14H16ClN3OS2. The van der Waals surface area contributed by atoms with Crippen LogP contribution in [0.1, 0.15) is 25.0 Å². The lowest BCUT2D eigenvalue weighted by Gasteiger charge is -2.28. The zero-order valence-corrected chi connectivity index (χ0v) is 13.9. The molecule has 1 unspecified atom stereocenters. The van der Waals surface area contributed by atoms with Crippen LogP contribution >= 0.6 is 22.9 Å². The van der Waals surface area contributed by atoms with Crippen molar-refractivity contribution < 1.29 is 4.21 Å². The van der Waals surface area contributed by atoms with Crippen molar-refractivity contribution in [2.45, 2.75) is 29.2 Å². The van der Waals surface area contributed by atoms with Gasteiger partial charge in [-0.25, -0.2) is 9.97 Å². The summed E-state index contributed by atoms with van der Waals surface area (Å²) in [4.78, 5) is 10.7. The van der Waals surface area contributed by atoms with Gasteiger partial charge in [-0.1, -0.05) is 17.7 Å². The third kappa shape index (κ3) is 3.44. The Kier molecular flexibility index (Phi) is 4.87. The number of thiophene rings is 1. The molecule has 0 aromatic carbocycles. The lowest BCUT2D eigenvalue weighted by Crippen LogP contribution is -2.30. The van der Waals surface area contributed by atoms with Crippen LogP contribution in [-0.2, 0) is 16.6 Å². The average Bonchev–Trinajstić information content (AvgIpc) is 3.05. The molecule has 0 N–H and O–H groups in total. The molecule has 7 heteroatoms. The van der Waals surface area contributed by atoms with E-state index in [1.807, 2.05) is 17.5 Å². The number of hydrogen-bond acceptors (Lipinski definition) is 5. The highest BCUT2D eigenvalue weighted by Gasteiger charge is 2.19. The molecule has 0 radical (unpaired) electrons. The molecule has 0 saturated carbocycles. The molecule has 1 aliphatic heterocycles. The summed E-state index contributed by atoms with van der Waals surface area (Å²) in [6, 6.07) is 3.78. The van der Waals surface area contributed by atoms with Crippen molar-refractivity contribution in [1.82, 2.24) is 9.97 Å². The molecular weight excluding hydrogens is 326 g/mol. The lowest BCUT2D eigenvalue weighted by atomic mass is 10.1. The summed E-state index contributed by atoms with van der Waals surface area (Å²) in [5.74, 6) is 1.12. The van der Waals surface area contributed by atoms with Gasteiger partial charge in [-0.15, -0.1) is 11.3 Å². The molecule has 1 fully saturated rings. The van der Waals surface area contributed by atoms with E-state index in [2.05, 4.69) is 14.9 Å². The summed E-state index contributed by atoms with van der Waals surface area (Å²) in [5.41, 5.74) is 0.666. The largest absolute Gasteiger partial charge is 0.355 e. The molecule has 3 heterocycles. The second-order valence-electron chi connectivity index (χ2n) is 4.93. The van der Waals surface area contributed by atoms with Crippen molar-refractivity contribution in [3.63, 3.8) is 0 Å². The van der Waals surface area contributed by atoms with Crippen LogP contribution < -0.4 is 4.90 Å². The van der Waals surface area contributed by atoms with Gasteiger partial charge in [-0.2, -0.15) is 0 Å². The van der Waals surface area contributed by atoms with Gasteiger partial charge in [0.1, 0.15) is 11.3 Å². The van der Waals surface area contributed by atoms with E-state index < -0.39 is 10.8 Å². The first kappa shape index (κ1) is 14.9. The summed E-state index contributed by atoms with van der Waals surface area (Å²) >= 11 is 7.94. The minimum Gasteiger partial charge on any atom is -0.355 e. The van der Waals surface area contributed by atoms with E-state index in [9.17, 15) is 4.21 Å². The molecule has 2 aromatic rings. The number of piperidine rings is 1. The highest BCUT2D eigenvalue weighted by molar-refractivity contribution is 7.86. The molecule has 0 spiro atoms. The summed E-state index contributed by atoms with van der Waals surface area (Å²) in [5, 5.41) is 2.47. The zero-order chi connectivity index (χ0) is 14.7. The van der Waals surface area contributed by atoms with Crippen LogP contribution in [0.5, 0.6) is 0 Å². The van der Waals surface area contributed by atoms with Gasteiger partial charge in [0.15, 0.2) is 5.82 Å². The molecule has 1 saturated heterocycles. The quantitative estimate of drug-likeness (QED) is 0.854. The average molecular weight is 342 g/mol. The highest BCUT2D eigenvalue weighted by Crippen LogP contribution is 2.29. The van der Waals surface area contributed by atoms with Crippen molar-refractivity contribution >= 4 is 39.6 Å². The van der Waals surface area contributed by atoms with Gasteiger partial charge in [0.05, 0.1) is 26.5 Å². The first-order chi connectivity index (χ1) is 10.3. The summed E-state index contributed by atoms with van der Waals surface area (Å²) in [6.45, 7) is 1.95. The van der Waals surface area contributed by atoms with E-state index in [0.29, 0.717) is 16.5 Å². The van der Waals surface area contributed by atoms with E-state index in [0.717, 1.165) is 36.0 Å². The summed E-state index contributed by atoms with van der Waals surface area (Å²) in [7, 11) is -1.10.